The molecule has 2 saturated carbocycles. The van der Waals surface area contributed by atoms with E-state index < -0.39 is 0 Å². The molecule has 1 N–H and O–H groups in total. The minimum atomic E-state index is 0.800. The lowest BCUT2D eigenvalue weighted by Gasteiger charge is -2.29. The van der Waals surface area contributed by atoms with E-state index in [-0.39, 0.29) is 0 Å². The van der Waals surface area contributed by atoms with Crippen molar-refractivity contribution in [3.63, 3.8) is 0 Å². The summed E-state index contributed by atoms with van der Waals surface area (Å²) < 4.78 is 0. The lowest BCUT2D eigenvalue weighted by atomic mass is 9.87. The van der Waals surface area contributed by atoms with Crippen molar-refractivity contribution in [3.05, 3.63) is 0 Å². The summed E-state index contributed by atoms with van der Waals surface area (Å²) in [4.78, 5) is 2.71. The van der Waals surface area contributed by atoms with Gasteiger partial charge in [-0.3, -0.25) is 4.90 Å². The van der Waals surface area contributed by atoms with Crippen LogP contribution >= 0.6 is 0 Å². The van der Waals surface area contributed by atoms with Gasteiger partial charge in [-0.05, 0) is 37.5 Å². The second kappa shape index (κ2) is 6.91. The smallest absolute Gasteiger partial charge is 0.0110 e. The monoisotopic (exact) mass is 252 g/mol. The summed E-state index contributed by atoms with van der Waals surface area (Å²) in [6.07, 6.45) is 8.54. The third-order valence-electron chi connectivity index (χ3n) is 4.43. The topological polar surface area (TPSA) is 15.3 Å². The van der Waals surface area contributed by atoms with Gasteiger partial charge < -0.3 is 5.32 Å². The standard InChI is InChI=1S/C16H32N2/c1-13(2)12-18(16-7-8-16)10-9-17-15-6-4-5-14(3)11-15/h13-17H,4-12H2,1-3H3. The molecule has 106 valence electrons. The first-order chi connectivity index (χ1) is 8.65. The first kappa shape index (κ1) is 14.3. The zero-order valence-electron chi connectivity index (χ0n) is 12.6. The largest absolute Gasteiger partial charge is 0.313 e. The summed E-state index contributed by atoms with van der Waals surface area (Å²) >= 11 is 0. The Morgan fingerprint density at radius 1 is 1.17 bits per heavy atom. The second-order valence-corrected chi connectivity index (χ2v) is 7.04. The summed E-state index contributed by atoms with van der Waals surface area (Å²) in [6, 6.07) is 1.72. The molecule has 0 amide bonds. The fraction of sp³-hybridized carbons (Fsp3) is 1.00. The lowest BCUT2D eigenvalue weighted by molar-refractivity contribution is 0.222. The highest BCUT2D eigenvalue weighted by Crippen LogP contribution is 2.27. The van der Waals surface area contributed by atoms with Crippen LogP contribution in [-0.4, -0.2) is 36.6 Å². The molecule has 2 unspecified atom stereocenters. The first-order valence-corrected chi connectivity index (χ1v) is 8.12. The highest BCUT2D eigenvalue weighted by atomic mass is 15.2. The SMILES string of the molecule is CC(C)CN(CCNC1CCCC(C)C1)C1CC1. The predicted octanol–water partition coefficient (Wildman–Crippen LogP) is 3.28. The van der Waals surface area contributed by atoms with Crippen LogP contribution in [0, 0.1) is 11.8 Å². The van der Waals surface area contributed by atoms with Crippen LogP contribution in [0.25, 0.3) is 0 Å². The van der Waals surface area contributed by atoms with Crippen molar-refractivity contribution >= 4 is 0 Å². The van der Waals surface area contributed by atoms with E-state index in [0.717, 1.165) is 23.9 Å². The summed E-state index contributed by atoms with van der Waals surface area (Å²) in [5.41, 5.74) is 0. The van der Waals surface area contributed by atoms with Crippen LogP contribution in [0.3, 0.4) is 0 Å². The van der Waals surface area contributed by atoms with Crippen LogP contribution in [0.2, 0.25) is 0 Å². The first-order valence-electron chi connectivity index (χ1n) is 8.12. The maximum atomic E-state index is 3.80. The van der Waals surface area contributed by atoms with Crippen LogP contribution < -0.4 is 5.32 Å². The van der Waals surface area contributed by atoms with Gasteiger partial charge in [0.2, 0.25) is 0 Å². The van der Waals surface area contributed by atoms with E-state index in [0.29, 0.717) is 0 Å². The van der Waals surface area contributed by atoms with Crippen molar-refractivity contribution in [1.29, 1.82) is 0 Å². The summed E-state index contributed by atoms with van der Waals surface area (Å²) in [5.74, 6) is 1.74. The fourth-order valence-electron chi connectivity index (χ4n) is 3.36. The van der Waals surface area contributed by atoms with Gasteiger partial charge in [0.05, 0.1) is 0 Å². The highest BCUT2D eigenvalue weighted by Gasteiger charge is 2.29. The van der Waals surface area contributed by atoms with Crippen LogP contribution in [-0.2, 0) is 0 Å². The Morgan fingerprint density at radius 3 is 2.56 bits per heavy atom. The molecule has 0 spiro atoms. The van der Waals surface area contributed by atoms with E-state index in [9.17, 15) is 0 Å². The van der Waals surface area contributed by atoms with E-state index in [1.807, 2.05) is 0 Å². The average Bonchev–Trinajstić information content (AvgIpc) is 3.11. The van der Waals surface area contributed by atoms with Crippen LogP contribution in [0.15, 0.2) is 0 Å². The van der Waals surface area contributed by atoms with Gasteiger partial charge in [0.1, 0.15) is 0 Å². The quantitative estimate of drug-likeness (QED) is 0.748. The second-order valence-electron chi connectivity index (χ2n) is 7.04. The van der Waals surface area contributed by atoms with Gasteiger partial charge in [0.15, 0.2) is 0 Å². The number of nitrogens with zero attached hydrogens (tertiary/aromatic N) is 1. The highest BCUT2D eigenvalue weighted by molar-refractivity contribution is 4.85. The van der Waals surface area contributed by atoms with Gasteiger partial charge in [0, 0.05) is 31.7 Å². The van der Waals surface area contributed by atoms with Crippen molar-refractivity contribution < 1.29 is 0 Å². The predicted molar refractivity (Wildman–Crippen MR) is 78.9 cm³/mol. The number of hydrogen-bond acceptors (Lipinski definition) is 2. The van der Waals surface area contributed by atoms with E-state index in [1.165, 1.54) is 58.2 Å². The Bertz CT molecular complexity index is 235. The molecule has 2 heteroatoms. The Kier molecular flexibility index (Phi) is 5.50. The van der Waals surface area contributed by atoms with Gasteiger partial charge in [-0.2, -0.15) is 0 Å². The fourth-order valence-corrected chi connectivity index (χ4v) is 3.36. The molecule has 0 aromatic rings. The Balaban J connectivity index is 1.63. The number of nitrogens with one attached hydrogen (secondary N) is 1. The molecule has 2 aliphatic carbocycles. The molecule has 0 heterocycles. The summed E-state index contributed by atoms with van der Waals surface area (Å²) in [7, 11) is 0. The zero-order valence-corrected chi connectivity index (χ0v) is 12.6. The molecule has 2 fully saturated rings. The lowest BCUT2D eigenvalue weighted by Crippen LogP contribution is -2.41. The van der Waals surface area contributed by atoms with Gasteiger partial charge in [0.25, 0.3) is 0 Å². The van der Waals surface area contributed by atoms with E-state index >= 15 is 0 Å². The van der Waals surface area contributed by atoms with Gasteiger partial charge in [-0.1, -0.05) is 33.6 Å². The minimum Gasteiger partial charge on any atom is -0.313 e. The van der Waals surface area contributed by atoms with Crippen molar-refractivity contribution in [1.82, 2.24) is 10.2 Å². The molecule has 0 radical (unpaired) electrons. The molecule has 2 aliphatic rings. The zero-order chi connectivity index (χ0) is 13.0. The molecule has 0 aliphatic heterocycles. The van der Waals surface area contributed by atoms with Gasteiger partial charge in [-0.15, -0.1) is 0 Å². The molecule has 2 rings (SSSR count). The van der Waals surface area contributed by atoms with Crippen molar-refractivity contribution in [2.45, 2.75) is 71.4 Å². The van der Waals surface area contributed by atoms with Gasteiger partial charge >= 0.3 is 0 Å². The molecular weight excluding hydrogens is 220 g/mol. The normalized spacial score (nSPS) is 29.2. The molecule has 0 aromatic heterocycles. The molecule has 0 aromatic carbocycles. The Hall–Kier alpha value is -0.0800. The molecule has 0 saturated heterocycles. The van der Waals surface area contributed by atoms with Crippen LogP contribution in [0.5, 0.6) is 0 Å². The Morgan fingerprint density at radius 2 is 1.94 bits per heavy atom. The molecule has 2 nitrogen and oxygen atoms in total. The van der Waals surface area contributed by atoms with E-state index in [1.54, 1.807) is 0 Å². The summed E-state index contributed by atoms with van der Waals surface area (Å²) in [5, 5.41) is 3.80. The third kappa shape index (κ3) is 4.89. The molecule has 0 bridgehead atoms. The maximum Gasteiger partial charge on any atom is 0.0110 e. The van der Waals surface area contributed by atoms with Crippen molar-refractivity contribution in [2.75, 3.05) is 19.6 Å². The average molecular weight is 252 g/mol. The molecule has 18 heavy (non-hydrogen) atoms. The van der Waals surface area contributed by atoms with E-state index in [2.05, 4.69) is 31.0 Å². The molecule has 2 atom stereocenters. The van der Waals surface area contributed by atoms with Crippen LogP contribution in [0.1, 0.15) is 59.3 Å². The van der Waals surface area contributed by atoms with Crippen LogP contribution in [0.4, 0.5) is 0 Å². The molecular formula is C16H32N2. The Labute approximate surface area is 114 Å². The summed E-state index contributed by atoms with van der Waals surface area (Å²) in [6.45, 7) is 10.8. The van der Waals surface area contributed by atoms with Gasteiger partial charge in [-0.25, -0.2) is 0 Å². The van der Waals surface area contributed by atoms with E-state index in [4.69, 9.17) is 0 Å². The third-order valence-corrected chi connectivity index (χ3v) is 4.43. The minimum absolute atomic E-state index is 0.800. The van der Waals surface area contributed by atoms with Crippen molar-refractivity contribution in [2.24, 2.45) is 11.8 Å². The maximum absolute atomic E-state index is 3.80. The number of hydrogen-bond donors (Lipinski definition) is 1. The van der Waals surface area contributed by atoms with Crippen molar-refractivity contribution in [3.8, 4) is 0 Å². The number of rotatable bonds is 7.